The first-order valence-electron chi connectivity index (χ1n) is 9.17. The summed E-state index contributed by atoms with van der Waals surface area (Å²) >= 11 is 0. The maximum atomic E-state index is 12.7. The minimum absolute atomic E-state index is 0.133. The predicted octanol–water partition coefficient (Wildman–Crippen LogP) is 0.122. The molecule has 7 nitrogen and oxygen atoms in total. The molecule has 2 aliphatic rings. The highest BCUT2D eigenvalue weighted by Crippen LogP contribution is 2.18. The molecular weight excluding hydrogens is 352 g/mol. The number of nitrogens with one attached hydrogen (secondary N) is 1. The van der Waals surface area contributed by atoms with Gasteiger partial charge in [-0.2, -0.15) is 4.31 Å². The van der Waals surface area contributed by atoms with Crippen LogP contribution in [0.4, 0.5) is 0 Å². The van der Waals surface area contributed by atoms with Gasteiger partial charge in [0.15, 0.2) is 0 Å². The van der Waals surface area contributed by atoms with Gasteiger partial charge in [-0.25, -0.2) is 8.42 Å². The summed E-state index contributed by atoms with van der Waals surface area (Å²) in [6, 6.07) is 7.16. The lowest BCUT2D eigenvalue weighted by Gasteiger charge is -2.37. The van der Waals surface area contributed by atoms with Gasteiger partial charge < -0.3 is 10.2 Å². The Kier molecular flexibility index (Phi) is 5.96. The number of amides is 1. The van der Waals surface area contributed by atoms with E-state index < -0.39 is 10.0 Å². The van der Waals surface area contributed by atoms with E-state index in [1.807, 2.05) is 24.0 Å². The molecule has 3 rings (SSSR count). The highest BCUT2D eigenvalue weighted by Gasteiger charge is 2.30. The summed E-state index contributed by atoms with van der Waals surface area (Å²) in [5, 5.41) is 3.28. The second-order valence-electron chi connectivity index (χ2n) is 7.13. The molecule has 1 unspecified atom stereocenters. The molecule has 1 aromatic rings. The van der Waals surface area contributed by atoms with Crippen molar-refractivity contribution in [3.8, 4) is 0 Å². The number of aryl methyl sites for hydroxylation is 1. The molecule has 1 aromatic carbocycles. The van der Waals surface area contributed by atoms with E-state index in [1.54, 1.807) is 12.1 Å². The second kappa shape index (κ2) is 8.04. The zero-order chi connectivity index (χ0) is 18.7. The van der Waals surface area contributed by atoms with Crippen molar-refractivity contribution in [1.29, 1.82) is 0 Å². The highest BCUT2D eigenvalue weighted by molar-refractivity contribution is 7.89. The summed E-state index contributed by atoms with van der Waals surface area (Å²) in [7, 11) is -3.46. The molecule has 2 saturated heterocycles. The van der Waals surface area contributed by atoms with Crippen molar-refractivity contribution in [2.24, 2.45) is 0 Å². The van der Waals surface area contributed by atoms with Crippen LogP contribution >= 0.6 is 0 Å². The quantitative estimate of drug-likeness (QED) is 0.803. The standard InChI is InChI=1S/C18H28N4O3S/c1-15-3-5-17(6-4-15)26(24,25)21-11-9-20(10-12-21)14-18(23)22-8-7-19-13-16(22)2/h3-6,16,19H,7-14H2,1-2H3. The number of sulfonamides is 1. The minimum Gasteiger partial charge on any atom is -0.336 e. The van der Waals surface area contributed by atoms with E-state index in [0.717, 1.165) is 25.2 Å². The molecule has 0 aromatic heterocycles. The molecule has 0 spiro atoms. The second-order valence-corrected chi connectivity index (χ2v) is 9.07. The number of hydrogen-bond acceptors (Lipinski definition) is 5. The Morgan fingerprint density at radius 1 is 1.12 bits per heavy atom. The summed E-state index contributed by atoms with van der Waals surface area (Å²) in [4.78, 5) is 16.8. The molecular formula is C18H28N4O3S. The van der Waals surface area contributed by atoms with Crippen LogP contribution in [0.5, 0.6) is 0 Å². The molecule has 1 atom stereocenters. The normalized spacial score (nSPS) is 23.2. The van der Waals surface area contributed by atoms with Crippen LogP contribution in [0.1, 0.15) is 12.5 Å². The van der Waals surface area contributed by atoms with Crippen LogP contribution in [0, 0.1) is 6.92 Å². The third-order valence-corrected chi connectivity index (χ3v) is 7.08. The van der Waals surface area contributed by atoms with E-state index in [4.69, 9.17) is 0 Å². The van der Waals surface area contributed by atoms with E-state index in [1.165, 1.54) is 4.31 Å². The Balaban J connectivity index is 1.55. The zero-order valence-electron chi connectivity index (χ0n) is 15.5. The predicted molar refractivity (Wildman–Crippen MR) is 100 cm³/mol. The largest absolute Gasteiger partial charge is 0.336 e. The van der Waals surface area contributed by atoms with Gasteiger partial charge in [-0.3, -0.25) is 9.69 Å². The Bertz CT molecular complexity index is 727. The van der Waals surface area contributed by atoms with Crippen molar-refractivity contribution in [2.45, 2.75) is 24.8 Å². The summed E-state index contributed by atoms with van der Waals surface area (Å²) in [5.41, 5.74) is 1.04. The van der Waals surface area contributed by atoms with Crippen molar-refractivity contribution in [1.82, 2.24) is 19.4 Å². The van der Waals surface area contributed by atoms with Crippen molar-refractivity contribution < 1.29 is 13.2 Å². The maximum absolute atomic E-state index is 12.7. The lowest BCUT2D eigenvalue weighted by molar-refractivity contribution is -0.135. The molecule has 2 heterocycles. The number of piperazine rings is 2. The Labute approximate surface area is 156 Å². The molecule has 2 aliphatic heterocycles. The maximum Gasteiger partial charge on any atom is 0.243 e. The molecule has 0 aliphatic carbocycles. The summed E-state index contributed by atoms with van der Waals surface area (Å²) in [5.74, 6) is 0.133. The first kappa shape index (κ1) is 19.3. The number of hydrogen-bond donors (Lipinski definition) is 1. The fourth-order valence-electron chi connectivity index (χ4n) is 3.48. The van der Waals surface area contributed by atoms with Crippen LogP contribution in [0.15, 0.2) is 29.2 Å². The molecule has 0 bridgehead atoms. The van der Waals surface area contributed by atoms with Gasteiger partial charge in [0.05, 0.1) is 11.4 Å². The first-order valence-corrected chi connectivity index (χ1v) is 10.6. The molecule has 144 valence electrons. The van der Waals surface area contributed by atoms with Crippen molar-refractivity contribution in [2.75, 3.05) is 52.4 Å². The fraction of sp³-hybridized carbons (Fsp3) is 0.611. The molecule has 26 heavy (non-hydrogen) atoms. The average molecular weight is 381 g/mol. The monoisotopic (exact) mass is 380 g/mol. The molecule has 0 saturated carbocycles. The van der Waals surface area contributed by atoms with E-state index in [-0.39, 0.29) is 11.9 Å². The fourth-order valence-corrected chi connectivity index (χ4v) is 4.90. The van der Waals surface area contributed by atoms with E-state index in [2.05, 4.69) is 17.1 Å². The van der Waals surface area contributed by atoms with E-state index >= 15 is 0 Å². The number of carbonyl (C=O) groups excluding carboxylic acids is 1. The van der Waals surface area contributed by atoms with Crippen molar-refractivity contribution in [3.05, 3.63) is 29.8 Å². The van der Waals surface area contributed by atoms with E-state index in [0.29, 0.717) is 37.6 Å². The summed E-state index contributed by atoms with van der Waals surface area (Å²) < 4.78 is 27.0. The van der Waals surface area contributed by atoms with Crippen molar-refractivity contribution in [3.63, 3.8) is 0 Å². The Morgan fingerprint density at radius 3 is 2.38 bits per heavy atom. The number of carbonyl (C=O) groups is 1. The molecule has 1 N–H and O–H groups in total. The van der Waals surface area contributed by atoms with Gasteiger partial charge in [0.1, 0.15) is 0 Å². The number of benzene rings is 1. The van der Waals surface area contributed by atoms with Crippen LogP contribution in [0.3, 0.4) is 0 Å². The Hall–Kier alpha value is -1.48. The number of nitrogens with zero attached hydrogens (tertiary/aromatic N) is 3. The van der Waals surface area contributed by atoms with Gasteiger partial charge in [-0.05, 0) is 26.0 Å². The van der Waals surface area contributed by atoms with Gasteiger partial charge in [-0.15, -0.1) is 0 Å². The van der Waals surface area contributed by atoms with Crippen molar-refractivity contribution >= 4 is 15.9 Å². The summed E-state index contributed by atoms with van der Waals surface area (Å²) in [6.07, 6.45) is 0. The lowest BCUT2D eigenvalue weighted by Crippen LogP contribution is -2.56. The van der Waals surface area contributed by atoms with Gasteiger partial charge in [-0.1, -0.05) is 17.7 Å². The Morgan fingerprint density at radius 2 is 1.77 bits per heavy atom. The molecule has 1 amide bonds. The van der Waals surface area contributed by atoms with E-state index in [9.17, 15) is 13.2 Å². The molecule has 2 fully saturated rings. The highest BCUT2D eigenvalue weighted by atomic mass is 32.2. The van der Waals surface area contributed by atoms with Crippen LogP contribution < -0.4 is 5.32 Å². The summed E-state index contributed by atoms with van der Waals surface area (Å²) in [6.45, 7) is 8.74. The minimum atomic E-state index is -3.46. The smallest absolute Gasteiger partial charge is 0.243 e. The lowest BCUT2D eigenvalue weighted by atomic mass is 10.2. The molecule has 8 heteroatoms. The van der Waals surface area contributed by atoms with Crippen LogP contribution in [0.25, 0.3) is 0 Å². The third-order valence-electron chi connectivity index (χ3n) is 5.17. The first-order chi connectivity index (χ1) is 12.4. The SMILES string of the molecule is Cc1ccc(S(=O)(=O)N2CCN(CC(=O)N3CCNCC3C)CC2)cc1. The zero-order valence-corrected chi connectivity index (χ0v) is 16.3. The van der Waals surface area contributed by atoms with Gasteiger partial charge in [0.2, 0.25) is 15.9 Å². The average Bonchev–Trinajstić information content (AvgIpc) is 2.63. The van der Waals surface area contributed by atoms with Crippen LogP contribution in [0.2, 0.25) is 0 Å². The van der Waals surface area contributed by atoms with Gasteiger partial charge in [0.25, 0.3) is 0 Å². The molecule has 0 radical (unpaired) electrons. The van der Waals surface area contributed by atoms with Gasteiger partial charge in [0, 0.05) is 51.9 Å². The van der Waals surface area contributed by atoms with Gasteiger partial charge >= 0.3 is 0 Å². The topological polar surface area (TPSA) is 73.0 Å². The van der Waals surface area contributed by atoms with Crippen LogP contribution in [-0.2, 0) is 14.8 Å². The third kappa shape index (κ3) is 4.25. The van der Waals surface area contributed by atoms with Crippen LogP contribution in [-0.4, -0.2) is 86.8 Å². The number of rotatable bonds is 4.